The number of nitrogens with zero attached hydrogens (tertiary/aromatic N) is 1. The van der Waals surface area contributed by atoms with Gasteiger partial charge in [0.25, 0.3) is 0 Å². The van der Waals surface area contributed by atoms with Gasteiger partial charge in [0.15, 0.2) is 0 Å². The van der Waals surface area contributed by atoms with Crippen molar-refractivity contribution in [3.8, 4) is 0 Å². The normalized spacial score (nSPS) is 11.5. The summed E-state index contributed by atoms with van der Waals surface area (Å²) in [4.78, 5) is 28.3. The Morgan fingerprint density at radius 2 is 1.45 bits per heavy atom. The predicted octanol–water partition coefficient (Wildman–Crippen LogP) is 4.31. The van der Waals surface area contributed by atoms with E-state index in [9.17, 15) is 9.59 Å². The van der Waals surface area contributed by atoms with Crippen LogP contribution in [0.4, 0.5) is 0 Å². The number of nitrogens with one attached hydrogen (secondary N) is 1. The van der Waals surface area contributed by atoms with Gasteiger partial charge >= 0.3 is 0 Å². The van der Waals surface area contributed by atoms with Crippen LogP contribution in [0.25, 0.3) is 0 Å². The molecule has 0 aliphatic carbocycles. The maximum absolute atomic E-state index is 13.5. The molecule has 0 spiro atoms. The average molecular weight is 415 g/mol. The lowest BCUT2D eigenvalue weighted by Crippen LogP contribution is -2.50. The molecule has 4 nitrogen and oxygen atoms in total. The number of likely N-dealkylation sites (N-methyl/N-ethyl adjacent to an activating group) is 1. The van der Waals surface area contributed by atoms with Gasteiger partial charge in [0.05, 0.1) is 6.42 Å². The monoisotopic (exact) mass is 414 g/mol. The summed E-state index contributed by atoms with van der Waals surface area (Å²) in [7, 11) is 0. The fraction of sp³-hybridized carbons (Fsp3) is 0.259. The zero-order valence-corrected chi connectivity index (χ0v) is 18.3. The minimum Gasteiger partial charge on any atom is -0.355 e. The van der Waals surface area contributed by atoms with Gasteiger partial charge in [0.2, 0.25) is 11.8 Å². The van der Waals surface area contributed by atoms with Crippen molar-refractivity contribution < 1.29 is 9.59 Å². The molecule has 0 saturated heterocycles. The molecule has 1 atom stereocenters. The fourth-order valence-corrected chi connectivity index (χ4v) is 3.73. The maximum atomic E-state index is 13.5. The topological polar surface area (TPSA) is 49.4 Å². The molecule has 0 heterocycles. The lowest BCUT2D eigenvalue weighted by molar-refractivity contribution is -0.140. The molecule has 0 fully saturated rings. The molecule has 0 aliphatic rings. The zero-order chi connectivity index (χ0) is 22.1. The highest BCUT2D eigenvalue weighted by Crippen LogP contribution is 2.17. The van der Waals surface area contributed by atoms with Crippen molar-refractivity contribution in [3.63, 3.8) is 0 Å². The molecule has 160 valence electrons. The van der Waals surface area contributed by atoms with E-state index >= 15 is 0 Å². The van der Waals surface area contributed by atoms with Crippen LogP contribution in [0.5, 0.6) is 0 Å². The van der Waals surface area contributed by atoms with E-state index in [1.807, 2.05) is 92.7 Å². The summed E-state index contributed by atoms with van der Waals surface area (Å²) in [6.45, 7) is 4.84. The number of amides is 2. The Morgan fingerprint density at radius 1 is 0.839 bits per heavy atom. The van der Waals surface area contributed by atoms with Crippen molar-refractivity contribution in [2.45, 2.75) is 39.3 Å². The quantitative estimate of drug-likeness (QED) is 0.567. The average Bonchev–Trinajstić information content (AvgIpc) is 2.77. The molecule has 2 amide bonds. The summed E-state index contributed by atoms with van der Waals surface area (Å²) in [6, 6.07) is 27.1. The molecule has 31 heavy (non-hydrogen) atoms. The van der Waals surface area contributed by atoms with E-state index in [4.69, 9.17) is 0 Å². The summed E-state index contributed by atoms with van der Waals surface area (Å²) in [6.07, 6.45) is 0.733. The lowest BCUT2D eigenvalue weighted by atomic mass is 10.0. The van der Waals surface area contributed by atoms with E-state index in [2.05, 4.69) is 11.4 Å². The Hall–Kier alpha value is -3.40. The highest BCUT2D eigenvalue weighted by molar-refractivity contribution is 5.88. The van der Waals surface area contributed by atoms with Crippen LogP contribution in [0.3, 0.4) is 0 Å². The molecule has 0 aliphatic heterocycles. The number of hydrogen-bond donors (Lipinski definition) is 1. The fourth-order valence-electron chi connectivity index (χ4n) is 3.73. The highest BCUT2D eigenvalue weighted by Gasteiger charge is 2.30. The van der Waals surface area contributed by atoms with Crippen molar-refractivity contribution in [1.82, 2.24) is 10.2 Å². The van der Waals surface area contributed by atoms with Gasteiger partial charge in [-0.15, -0.1) is 0 Å². The van der Waals surface area contributed by atoms with Crippen LogP contribution in [-0.4, -0.2) is 29.3 Å². The minimum atomic E-state index is -0.584. The van der Waals surface area contributed by atoms with E-state index < -0.39 is 6.04 Å². The first-order chi connectivity index (χ1) is 15.1. The first-order valence-corrected chi connectivity index (χ1v) is 10.8. The third-order valence-corrected chi connectivity index (χ3v) is 5.26. The van der Waals surface area contributed by atoms with Crippen LogP contribution in [0.15, 0.2) is 84.9 Å². The Bertz CT molecular complexity index is 986. The van der Waals surface area contributed by atoms with Gasteiger partial charge in [0.1, 0.15) is 6.04 Å². The summed E-state index contributed by atoms with van der Waals surface area (Å²) in [5.74, 6) is -0.180. The number of carbonyl (C=O) groups excluding carboxylic acids is 2. The molecule has 3 rings (SSSR count). The van der Waals surface area contributed by atoms with Crippen molar-refractivity contribution in [2.24, 2.45) is 0 Å². The highest BCUT2D eigenvalue weighted by atomic mass is 16.2. The second kappa shape index (κ2) is 11.1. The molecule has 3 aromatic carbocycles. The van der Waals surface area contributed by atoms with Gasteiger partial charge in [-0.1, -0.05) is 90.5 Å². The molecule has 0 unspecified atom stereocenters. The standard InChI is InChI=1S/C27H30N2O2/c1-3-28-27(31)25(18-22-12-6-4-7-13-22)29(20-24-16-10-11-21(2)17-24)26(30)19-23-14-8-5-9-15-23/h4-17,25H,3,18-20H2,1-2H3,(H,28,31)/t25-/m0/s1. The van der Waals surface area contributed by atoms with Gasteiger partial charge in [-0.05, 0) is 30.5 Å². The van der Waals surface area contributed by atoms with E-state index in [1.54, 1.807) is 4.90 Å². The maximum Gasteiger partial charge on any atom is 0.243 e. The number of aryl methyl sites for hydroxylation is 1. The number of rotatable bonds is 9. The molecule has 3 aromatic rings. The van der Waals surface area contributed by atoms with Gasteiger partial charge in [-0.3, -0.25) is 9.59 Å². The van der Waals surface area contributed by atoms with Crippen LogP contribution in [0, 0.1) is 6.92 Å². The smallest absolute Gasteiger partial charge is 0.243 e. The first-order valence-electron chi connectivity index (χ1n) is 10.8. The Balaban J connectivity index is 1.94. The van der Waals surface area contributed by atoms with Gasteiger partial charge in [-0.2, -0.15) is 0 Å². The molecular formula is C27H30N2O2. The Morgan fingerprint density at radius 3 is 2.06 bits per heavy atom. The van der Waals surface area contributed by atoms with Gasteiger partial charge in [-0.25, -0.2) is 0 Å². The molecule has 0 saturated carbocycles. The molecule has 4 heteroatoms. The molecule has 0 bridgehead atoms. The minimum absolute atomic E-state index is 0.0557. The summed E-state index contributed by atoms with van der Waals surface area (Å²) in [5.41, 5.74) is 4.12. The number of hydrogen-bond acceptors (Lipinski definition) is 2. The predicted molar refractivity (Wildman–Crippen MR) is 124 cm³/mol. The molecule has 0 radical (unpaired) electrons. The third-order valence-electron chi connectivity index (χ3n) is 5.26. The van der Waals surface area contributed by atoms with Crippen molar-refractivity contribution in [3.05, 3.63) is 107 Å². The summed E-state index contributed by atoms with van der Waals surface area (Å²) in [5, 5.41) is 2.93. The summed E-state index contributed by atoms with van der Waals surface area (Å²) >= 11 is 0. The molecule has 1 N–H and O–H groups in total. The lowest BCUT2D eigenvalue weighted by Gasteiger charge is -2.31. The van der Waals surface area contributed by atoms with E-state index in [1.165, 1.54) is 0 Å². The van der Waals surface area contributed by atoms with Gasteiger partial charge < -0.3 is 10.2 Å². The first kappa shape index (κ1) is 22.3. The van der Waals surface area contributed by atoms with E-state index in [-0.39, 0.29) is 18.2 Å². The van der Waals surface area contributed by atoms with Crippen LogP contribution in [-0.2, 0) is 29.0 Å². The van der Waals surface area contributed by atoms with E-state index in [0.717, 1.165) is 22.3 Å². The second-order valence-corrected chi connectivity index (χ2v) is 7.77. The Labute approximate surface area is 184 Å². The SMILES string of the molecule is CCNC(=O)[C@H](Cc1ccccc1)N(Cc1cccc(C)c1)C(=O)Cc1ccccc1. The second-order valence-electron chi connectivity index (χ2n) is 7.77. The number of benzene rings is 3. The molecular weight excluding hydrogens is 384 g/mol. The van der Waals surface area contributed by atoms with Crippen LogP contribution >= 0.6 is 0 Å². The van der Waals surface area contributed by atoms with E-state index in [0.29, 0.717) is 19.5 Å². The number of carbonyl (C=O) groups is 2. The molecule has 0 aromatic heterocycles. The van der Waals surface area contributed by atoms with Crippen molar-refractivity contribution in [2.75, 3.05) is 6.54 Å². The van der Waals surface area contributed by atoms with Crippen LogP contribution in [0.1, 0.15) is 29.2 Å². The largest absolute Gasteiger partial charge is 0.355 e. The zero-order valence-electron chi connectivity index (χ0n) is 18.3. The van der Waals surface area contributed by atoms with Crippen molar-refractivity contribution in [1.29, 1.82) is 0 Å². The van der Waals surface area contributed by atoms with Crippen LogP contribution < -0.4 is 5.32 Å². The van der Waals surface area contributed by atoms with Gasteiger partial charge in [0, 0.05) is 19.5 Å². The Kier molecular flexibility index (Phi) is 7.99. The van der Waals surface area contributed by atoms with Crippen LogP contribution in [0.2, 0.25) is 0 Å². The van der Waals surface area contributed by atoms with Crippen molar-refractivity contribution >= 4 is 11.8 Å². The summed E-state index contributed by atoms with van der Waals surface area (Å²) < 4.78 is 0. The third kappa shape index (κ3) is 6.54.